The Balaban J connectivity index is 2.43. The highest BCUT2D eigenvalue weighted by molar-refractivity contribution is 6.37. The van der Waals surface area contributed by atoms with Crippen molar-refractivity contribution in [3.05, 3.63) is 0 Å². The molecule has 0 aromatic rings. The van der Waals surface area contributed by atoms with E-state index in [-0.39, 0.29) is 25.3 Å². The predicted molar refractivity (Wildman–Crippen MR) is 50.2 cm³/mol. The first-order valence-corrected chi connectivity index (χ1v) is 4.75. The molecule has 1 rings (SSSR count). The van der Waals surface area contributed by atoms with Gasteiger partial charge in [0.05, 0.1) is 19.6 Å². The molecule has 0 radical (unpaired) electrons. The van der Waals surface area contributed by atoms with Gasteiger partial charge < -0.3 is 14.3 Å². The number of carbonyl (C=O) groups excluding carboxylic acids is 2. The molecule has 1 unspecified atom stereocenters. The van der Waals surface area contributed by atoms with Gasteiger partial charge in [0.1, 0.15) is 0 Å². The lowest BCUT2D eigenvalue weighted by atomic mass is 10.2. The van der Waals surface area contributed by atoms with Crippen molar-refractivity contribution < 1.29 is 23.9 Å². The summed E-state index contributed by atoms with van der Waals surface area (Å²) in [4.78, 5) is 27.1. The van der Waals surface area contributed by atoms with Gasteiger partial charge in [0, 0.05) is 0 Å². The van der Waals surface area contributed by atoms with Crippen LogP contribution in [0, 0.1) is 0 Å². The molecule has 0 spiro atoms. The van der Waals surface area contributed by atoms with Crippen molar-refractivity contribution in [2.45, 2.75) is 26.4 Å². The summed E-state index contributed by atoms with van der Waals surface area (Å²) in [6.07, 6.45) is -0.707. The van der Waals surface area contributed by atoms with E-state index in [4.69, 9.17) is 14.3 Å². The number of hydrogen-bond donors (Lipinski definition) is 0. The highest BCUT2D eigenvalue weighted by Crippen LogP contribution is 2.13. The van der Waals surface area contributed by atoms with E-state index >= 15 is 0 Å². The third kappa shape index (κ3) is 2.93. The fraction of sp³-hybridized carbons (Fsp3) is 0.667. The molecule has 84 valence electrons. The van der Waals surface area contributed by atoms with Crippen LogP contribution in [-0.2, 0) is 23.9 Å². The molecular weight excluding hydrogens is 202 g/mol. The SMILES string of the molecule is CCOC(=O)C1=NOC(C(=O)OCC)C1. The number of rotatable bonds is 4. The molecule has 1 atom stereocenters. The fourth-order valence-corrected chi connectivity index (χ4v) is 1.07. The Morgan fingerprint density at radius 1 is 1.40 bits per heavy atom. The Morgan fingerprint density at radius 3 is 2.67 bits per heavy atom. The molecule has 0 aromatic heterocycles. The highest BCUT2D eigenvalue weighted by atomic mass is 16.7. The van der Waals surface area contributed by atoms with Gasteiger partial charge >= 0.3 is 11.9 Å². The number of nitrogens with zero attached hydrogens (tertiary/aromatic N) is 1. The van der Waals surface area contributed by atoms with Gasteiger partial charge in [-0.2, -0.15) is 0 Å². The second-order valence-corrected chi connectivity index (χ2v) is 2.81. The molecule has 0 saturated heterocycles. The largest absolute Gasteiger partial charge is 0.463 e. The normalized spacial score (nSPS) is 19.1. The monoisotopic (exact) mass is 215 g/mol. The molecule has 0 aromatic carbocycles. The second kappa shape index (κ2) is 5.33. The zero-order valence-corrected chi connectivity index (χ0v) is 8.69. The van der Waals surface area contributed by atoms with E-state index in [1.807, 2.05) is 0 Å². The molecule has 1 heterocycles. The lowest BCUT2D eigenvalue weighted by Crippen LogP contribution is -2.25. The molecule has 0 aliphatic carbocycles. The summed E-state index contributed by atoms with van der Waals surface area (Å²) in [6, 6.07) is 0. The van der Waals surface area contributed by atoms with Gasteiger partial charge in [-0.15, -0.1) is 0 Å². The van der Waals surface area contributed by atoms with Crippen LogP contribution in [0.2, 0.25) is 0 Å². The van der Waals surface area contributed by atoms with Crippen LogP contribution in [0.25, 0.3) is 0 Å². The Hall–Kier alpha value is -1.59. The van der Waals surface area contributed by atoms with Crippen LogP contribution in [0.4, 0.5) is 0 Å². The average molecular weight is 215 g/mol. The molecule has 0 fully saturated rings. The van der Waals surface area contributed by atoms with Crippen molar-refractivity contribution in [3.63, 3.8) is 0 Å². The molecular formula is C9H13NO5. The molecule has 6 heteroatoms. The minimum Gasteiger partial charge on any atom is -0.463 e. The first-order chi connectivity index (χ1) is 7.19. The van der Waals surface area contributed by atoms with E-state index in [0.29, 0.717) is 0 Å². The van der Waals surface area contributed by atoms with Crippen LogP contribution in [0.1, 0.15) is 20.3 Å². The van der Waals surface area contributed by atoms with Gasteiger partial charge in [-0.1, -0.05) is 5.16 Å². The zero-order chi connectivity index (χ0) is 11.3. The van der Waals surface area contributed by atoms with Crippen molar-refractivity contribution in [3.8, 4) is 0 Å². The lowest BCUT2D eigenvalue weighted by molar-refractivity contribution is -0.154. The van der Waals surface area contributed by atoms with Crippen LogP contribution in [0.3, 0.4) is 0 Å². The topological polar surface area (TPSA) is 74.2 Å². The van der Waals surface area contributed by atoms with E-state index < -0.39 is 18.0 Å². The van der Waals surface area contributed by atoms with Crippen LogP contribution in [0.15, 0.2) is 5.16 Å². The quantitative estimate of drug-likeness (QED) is 0.629. The van der Waals surface area contributed by atoms with Crippen molar-refractivity contribution >= 4 is 17.7 Å². The summed E-state index contributed by atoms with van der Waals surface area (Å²) in [5.74, 6) is -1.06. The summed E-state index contributed by atoms with van der Waals surface area (Å²) in [6.45, 7) is 3.92. The van der Waals surface area contributed by atoms with Gasteiger partial charge in [-0.3, -0.25) is 0 Å². The number of hydrogen-bond acceptors (Lipinski definition) is 6. The van der Waals surface area contributed by atoms with Gasteiger partial charge in [-0.25, -0.2) is 9.59 Å². The van der Waals surface area contributed by atoms with Crippen LogP contribution < -0.4 is 0 Å². The van der Waals surface area contributed by atoms with Crippen LogP contribution in [0.5, 0.6) is 0 Å². The maximum atomic E-state index is 11.2. The predicted octanol–water partition coefficient (Wildman–Crippen LogP) is 0.257. The van der Waals surface area contributed by atoms with E-state index in [1.54, 1.807) is 13.8 Å². The van der Waals surface area contributed by atoms with Gasteiger partial charge in [0.2, 0.25) is 6.10 Å². The third-order valence-corrected chi connectivity index (χ3v) is 1.73. The zero-order valence-electron chi connectivity index (χ0n) is 8.69. The van der Waals surface area contributed by atoms with E-state index in [0.717, 1.165) is 0 Å². The smallest absolute Gasteiger partial charge is 0.356 e. The van der Waals surface area contributed by atoms with Gasteiger partial charge in [-0.05, 0) is 13.8 Å². The molecule has 0 saturated carbocycles. The van der Waals surface area contributed by atoms with Gasteiger partial charge in [0.15, 0.2) is 5.71 Å². The number of carbonyl (C=O) groups is 2. The minimum absolute atomic E-state index is 0.109. The third-order valence-electron chi connectivity index (χ3n) is 1.73. The molecule has 15 heavy (non-hydrogen) atoms. The average Bonchev–Trinajstić information content (AvgIpc) is 2.67. The number of oxime groups is 1. The number of ether oxygens (including phenoxy) is 2. The standard InChI is InChI=1S/C9H13NO5/c1-3-13-8(11)6-5-7(15-10-6)9(12)14-4-2/h7H,3-5H2,1-2H3. The van der Waals surface area contributed by atoms with E-state index in [1.165, 1.54) is 0 Å². The molecule has 1 aliphatic rings. The second-order valence-electron chi connectivity index (χ2n) is 2.81. The summed E-state index contributed by atoms with van der Waals surface area (Å²) < 4.78 is 9.44. The van der Waals surface area contributed by atoms with Crippen molar-refractivity contribution in [2.24, 2.45) is 5.16 Å². The van der Waals surface area contributed by atoms with Crippen molar-refractivity contribution in [1.82, 2.24) is 0 Å². The molecule has 0 amide bonds. The lowest BCUT2D eigenvalue weighted by Gasteiger charge is -2.05. The summed E-state index contributed by atoms with van der Waals surface area (Å²) in [7, 11) is 0. The van der Waals surface area contributed by atoms with E-state index in [2.05, 4.69) is 5.16 Å². The van der Waals surface area contributed by atoms with Crippen LogP contribution >= 0.6 is 0 Å². The fourth-order valence-electron chi connectivity index (χ4n) is 1.07. The summed E-state index contributed by atoms with van der Waals surface area (Å²) in [5.41, 5.74) is 0.120. The first kappa shape index (κ1) is 11.5. The minimum atomic E-state index is -0.815. The van der Waals surface area contributed by atoms with Gasteiger partial charge in [0.25, 0.3) is 0 Å². The Kier molecular flexibility index (Phi) is 4.08. The molecule has 1 aliphatic heterocycles. The summed E-state index contributed by atoms with van der Waals surface area (Å²) >= 11 is 0. The van der Waals surface area contributed by atoms with Crippen molar-refractivity contribution in [2.75, 3.05) is 13.2 Å². The highest BCUT2D eigenvalue weighted by Gasteiger charge is 2.33. The maximum absolute atomic E-state index is 11.2. The Labute approximate surface area is 87.2 Å². The van der Waals surface area contributed by atoms with E-state index in [9.17, 15) is 9.59 Å². The molecule has 6 nitrogen and oxygen atoms in total. The van der Waals surface area contributed by atoms with Crippen molar-refractivity contribution in [1.29, 1.82) is 0 Å². The number of esters is 2. The first-order valence-electron chi connectivity index (χ1n) is 4.75. The maximum Gasteiger partial charge on any atom is 0.356 e. The van der Waals surface area contributed by atoms with Crippen LogP contribution in [-0.4, -0.2) is 37.0 Å². The molecule has 0 bridgehead atoms. The Bertz CT molecular complexity index is 286. The Morgan fingerprint density at radius 2 is 2.07 bits per heavy atom. The summed E-state index contributed by atoms with van der Waals surface area (Å²) in [5, 5.41) is 3.48. The molecule has 0 N–H and O–H groups in total.